The SMILES string of the molecule is COCCN(CC(=O)Nc1cc(-c2ccccc2)nn1-c1ccccc1)C(=O)c1ccccc1F. The lowest BCUT2D eigenvalue weighted by molar-refractivity contribution is -0.117. The van der Waals surface area contributed by atoms with Crippen LogP contribution in [0.15, 0.2) is 91.0 Å². The van der Waals surface area contributed by atoms with Crippen LogP contribution in [0.3, 0.4) is 0 Å². The van der Waals surface area contributed by atoms with Gasteiger partial charge in [0.05, 0.1) is 23.6 Å². The Morgan fingerprint density at radius 2 is 1.63 bits per heavy atom. The number of halogens is 1. The minimum atomic E-state index is -0.644. The first-order valence-corrected chi connectivity index (χ1v) is 11.1. The Hall–Kier alpha value is -4.30. The zero-order chi connectivity index (χ0) is 24.6. The van der Waals surface area contributed by atoms with Crippen molar-refractivity contribution >= 4 is 17.6 Å². The minimum absolute atomic E-state index is 0.0999. The number of amides is 2. The lowest BCUT2D eigenvalue weighted by Gasteiger charge is -2.22. The Balaban J connectivity index is 1.59. The van der Waals surface area contributed by atoms with E-state index in [-0.39, 0.29) is 25.3 Å². The van der Waals surface area contributed by atoms with Gasteiger partial charge in [0.15, 0.2) is 0 Å². The average Bonchev–Trinajstić information content (AvgIpc) is 3.31. The second-order valence-electron chi connectivity index (χ2n) is 7.78. The average molecular weight is 473 g/mol. The molecule has 8 heteroatoms. The number of hydrogen-bond donors (Lipinski definition) is 1. The number of methoxy groups -OCH3 is 1. The van der Waals surface area contributed by atoms with Crippen molar-refractivity contribution in [1.29, 1.82) is 0 Å². The molecule has 0 unspecified atom stereocenters. The minimum Gasteiger partial charge on any atom is -0.383 e. The first kappa shape index (κ1) is 23.8. The molecule has 0 aliphatic carbocycles. The number of para-hydroxylation sites is 1. The third-order valence-electron chi connectivity index (χ3n) is 5.34. The van der Waals surface area contributed by atoms with Crippen molar-refractivity contribution in [3.8, 4) is 16.9 Å². The van der Waals surface area contributed by atoms with Crippen LogP contribution >= 0.6 is 0 Å². The zero-order valence-corrected chi connectivity index (χ0v) is 19.2. The summed E-state index contributed by atoms with van der Waals surface area (Å²) in [5, 5.41) is 7.54. The molecule has 0 bridgehead atoms. The molecule has 3 aromatic carbocycles. The Labute approximate surface area is 202 Å². The van der Waals surface area contributed by atoms with E-state index in [1.807, 2.05) is 60.7 Å². The third-order valence-corrected chi connectivity index (χ3v) is 5.34. The highest BCUT2D eigenvalue weighted by molar-refractivity contribution is 5.99. The van der Waals surface area contributed by atoms with Crippen LogP contribution in [-0.2, 0) is 9.53 Å². The topological polar surface area (TPSA) is 76.5 Å². The number of carbonyl (C=O) groups is 2. The van der Waals surface area contributed by atoms with Crippen molar-refractivity contribution in [2.24, 2.45) is 0 Å². The Morgan fingerprint density at radius 3 is 2.31 bits per heavy atom. The van der Waals surface area contributed by atoms with Gasteiger partial charge in [0.25, 0.3) is 5.91 Å². The predicted octanol–water partition coefficient (Wildman–Crippen LogP) is 4.41. The molecule has 0 radical (unpaired) electrons. The van der Waals surface area contributed by atoms with Crippen LogP contribution < -0.4 is 5.32 Å². The van der Waals surface area contributed by atoms with Crippen molar-refractivity contribution in [2.75, 3.05) is 32.1 Å². The van der Waals surface area contributed by atoms with E-state index in [9.17, 15) is 14.0 Å². The van der Waals surface area contributed by atoms with Crippen molar-refractivity contribution in [3.63, 3.8) is 0 Å². The van der Waals surface area contributed by atoms with Crippen molar-refractivity contribution in [3.05, 3.63) is 102 Å². The van der Waals surface area contributed by atoms with Gasteiger partial charge in [-0.15, -0.1) is 0 Å². The lowest BCUT2D eigenvalue weighted by Crippen LogP contribution is -2.40. The molecule has 0 saturated heterocycles. The van der Waals surface area contributed by atoms with Gasteiger partial charge in [-0.25, -0.2) is 9.07 Å². The van der Waals surface area contributed by atoms with Crippen molar-refractivity contribution < 1.29 is 18.7 Å². The summed E-state index contributed by atoms with van der Waals surface area (Å²) in [5.74, 6) is -1.22. The third kappa shape index (κ3) is 5.80. The molecular weight excluding hydrogens is 447 g/mol. The summed E-state index contributed by atoms with van der Waals surface area (Å²) in [6.45, 7) is 0.0506. The lowest BCUT2D eigenvalue weighted by atomic mass is 10.1. The van der Waals surface area contributed by atoms with E-state index in [1.54, 1.807) is 16.8 Å². The second-order valence-corrected chi connectivity index (χ2v) is 7.78. The van der Waals surface area contributed by atoms with Crippen molar-refractivity contribution in [1.82, 2.24) is 14.7 Å². The molecule has 178 valence electrons. The molecule has 0 fully saturated rings. The number of anilines is 1. The molecular formula is C27H25FN4O3. The summed E-state index contributed by atoms with van der Waals surface area (Å²) in [5.41, 5.74) is 2.25. The quantitative estimate of drug-likeness (QED) is 0.392. The molecule has 0 atom stereocenters. The van der Waals surface area contributed by atoms with Gasteiger partial charge >= 0.3 is 0 Å². The highest BCUT2D eigenvalue weighted by Crippen LogP contribution is 2.24. The second kappa shape index (κ2) is 11.2. The van der Waals surface area contributed by atoms with Gasteiger partial charge in [0, 0.05) is 25.3 Å². The van der Waals surface area contributed by atoms with Gasteiger partial charge in [-0.3, -0.25) is 9.59 Å². The van der Waals surface area contributed by atoms with Crippen LogP contribution in [0.25, 0.3) is 16.9 Å². The fraction of sp³-hybridized carbons (Fsp3) is 0.148. The van der Waals surface area contributed by atoms with E-state index < -0.39 is 17.6 Å². The summed E-state index contributed by atoms with van der Waals surface area (Å²) in [4.78, 5) is 27.3. The number of carbonyl (C=O) groups excluding carboxylic acids is 2. The highest BCUT2D eigenvalue weighted by atomic mass is 19.1. The molecule has 0 saturated carbocycles. The number of nitrogens with zero attached hydrogens (tertiary/aromatic N) is 3. The number of benzene rings is 3. The molecule has 0 aliphatic rings. The molecule has 1 N–H and O–H groups in total. The Kier molecular flexibility index (Phi) is 7.64. The monoisotopic (exact) mass is 472 g/mol. The first-order chi connectivity index (χ1) is 17.1. The maximum Gasteiger partial charge on any atom is 0.257 e. The van der Waals surface area contributed by atoms with Crippen LogP contribution in [0.1, 0.15) is 10.4 Å². The zero-order valence-electron chi connectivity index (χ0n) is 19.2. The Morgan fingerprint density at radius 1 is 0.971 bits per heavy atom. The smallest absolute Gasteiger partial charge is 0.257 e. The molecule has 1 aromatic heterocycles. The van der Waals surface area contributed by atoms with Gasteiger partial charge in [0.2, 0.25) is 5.91 Å². The van der Waals surface area contributed by atoms with Crippen LogP contribution in [0.5, 0.6) is 0 Å². The van der Waals surface area contributed by atoms with Crippen LogP contribution in [0, 0.1) is 5.82 Å². The molecule has 4 rings (SSSR count). The fourth-order valence-corrected chi connectivity index (χ4v) is 3.60. The molecule has 4 aromatic rings. The van der Waals surface area contributed by atoms with Gasteiger partial charge in [0.1, 0.15) is 18.2 Å². The summed E-state index contributed by atoms with van der Waals surface area (Å²) >= 11 is 0. The summed E-state index contributed by atoms with van der Waals surface area (Å²) in [6, 6.07) is 26.5. The molecule has 2 amide bonds. The van der Waals surface area contributed by atoms with E-state index in [0.29, 0.717) is 11.5 Å². The Bertz CT molecular complexity index is 1290. The van der Waals surface area contributed by atoms with Crippen LogP contribution in [0.2, 0.25) is 0 Å². The van der Waals surface area contributed by atoms with E-state index in [0.717, 1.165) is 11.3 Å². The van der Waals surface area contributed by atoms with Crippen LogP contribution in [0.4, 0.5) is 10.2 Å². The number of hydrogen-bond acceptors (Lipinski definition) is 4. The highest BCUT2D eigenvalue weighted by Gasteiger charge is 2.22. The van der Waals surface area contributed by atoms with Gasteiger partial charge in [-0.2, -0.15) is 5.10 Å². The molecule has 35 heavy (non-hydrogen) atoms. The van der Waals surface area contributed by atoms with E-state index in [2.05, 4.69) is 10.4 Å². The normalized spacial score (nSPS) is 10.7. The van der Waals surface area contributed by atoms with Gasteiger partial charge < -0.3 is 15.0 Å². The van der Waals surface area contributed by atoms with Crippen molar-refractivity contribution in [2.45, 2.75) is 0 Å². The standard InChI is InChI=1S/C27H25FN4O3/c1-35-17-16-31(27(34)22-14-8-9-15-23(22)28)19-26(33)29-25-18-24(20-10-4-2-5-11-20)30-32(25)21-12-6-3-7-13-21/h2-15,18H,16-17,19H2,1H3,(H,29,33). The van der Waals surface area contributed by atoms with Gasteiger partial charge in [-0.1, -0.05) is 60.7 Å². The fourth-order valence-electron chi connectivity index (χ4n) is 3.60. The largest absolute Gasteiger partial charge is 0.383 e. The van der Waals surface area contributed by atoms with Gasteiger partial charge in [-0.05, 0) is 24.3 Å². The van der Waals surface area contributed by atoms with E-state index in [4.69, 9.17) is 4.74 Å². The van der Waals surface area contributed by atoms with E-state index >= 15 is 0 Å². The number of rotatable bonds is 9. The van der Waals surface area contributed by atoms with E-state index in [1.165, 1.54) is 30.2 Å². The molecule has 1 heterocycles. The molecule has 0 aliphatic heterocycles. The maximum absolute atomic E-state index is 14.2. The number of aromatic nitrogens is 2. The first-order valence-electron chi connectivity index (χ1n) is 11.1. The maximum atomic E-state index is 14.2. The molecule has 0 spiro atoms. The number of nitrogens with one attached hydrogen (secondary N) is 1. The summed E-state index contributed by atoms with van der Waals surface area (Å²) in [6.07, 6.45) is 0. The molecule has 7 nitrogen and oxygen atoms in total. The summed E-state index contributed by atoms with van der Waals surface area (Å²) in [7, 11) is 1.50. The number of ether oxygens (including phenoxy) is 1. The summed E-state index contributed by atoms with van der Waals surface area (Å²) < 4.78 is 20.9. The predicted molar refractivity (Wildman–Crippen MR) is 132 cm³/mol. The van der Waals surface area contributed by atoms with Crippen LogP contribution in [-0.4, -0.2) is 53.3 Å².